The van der Waals surface area contributed by atoms with Gasteiger partial charge < -0.3 is 15.0 Å². The summed E-state index contributed by atoms with van der Waals surface area (Å²) in [5.41, 5.74) is 0. The van der Waals surface area contributed by atoms with Crippen LogP contribution >= 0.6 is 12.4 Å². The van der Waals surface area contributed by atoms with Gasteiger partial charge in [-0.3, -0.25) is 4.79 Å². The van der Waals surface area contributed by atoms with Crippen LogP contribution in [0.4, 0.5) is 0 Å². The summed E-state index contributed by atoms with van der Waals surface area (Å²) in [6, 6.07) is 9.92. The van der Waals surface area contributed by atoms with Crippen molar-refractivity contribution in [3.05, 3.63) is 30.3 Å². The van der Waals surface area contributed by atoms with Gasteiger partial charge >= 0.3 is 0 Å². The van der Waals surface area contributed by atoms with Gasteiger partial charge in [0.1, 0.15) is 11.9 Å². The molecule has 20 heavy (non-hydrogen) atoms. The quantitative estimate of drug-likeness (QED) is 0.923. The molecular weight excluding hydrogens is 276 g/mol. The molecule has 2 fully saturated rings. The SMILES string of the molecule is Cl.O=C(C1CNC1)N1CCC(Oc2ccccc2)CC1. The van der Waals surface area contributed by atoms with Crippen molar-refractivity contribution in [2.75, 3.05) is 26.2 Å². The lowest BCUT2D eigenvalue weighted by atomic mass is 9.99. The number of nitrogens with zero attached hydrogens (tertiary/aromatic N) is 1. The average Bonchev–Trinajstić information content (AvgIpc) is 2.39. The van der Waals surface area contributed by atoms with E-state index >= 15 is 0 Å². The third kappa shape index (κ3) is 3.44. The van der Waals surface area contributed by atoms with Crippen molar-refractivity contribution in [2.24, 2.45) is 5.92 Å². The zero-order valence-corrected chi connectivity index (χ0v) is 12.3. The van der Waals surface area contributed by atoms with Crippen molar-refractivity contribution in [1.29, 1.82) is 0 Å². The van der Waals surface area contributed by atoms with Gasteiger partial charge in [0.15, 0.2) is 0 Å². The van der Waals surface area contributed by atoms with Gasteiger partial charge in [0, 0.05) is 39.0 Å². The lowest BCUT2D eigenvalue weighted by Crippen LogP contribution is -2.54. The molecule has 110 valence electrons. The first-order valence-electron chi connectivity index (χ1n) is 7.04. The van der Waals surface area contributed by atoms with Gasteiger partial charge in [-0.05, 0) is 12.1 Å². The van der Waals surface area contributed by atoms with Crippen LogP contribution in [-0.2, 0) is 4.79 Å². The summed E-state index contributed by atoms with van der Waals surface area (Å²) in [6.45, 7) is 3.35. The Bertz CT molecular complexity index is 429. The summed E-state index contributed by atoms with van der Waals surface area (Å²) in [6.07, 6.45) is 2.10. The standard InChI is InChI=1S/C15H20N2O2.ClH/c18-15(12-10-16-11-12)17-8-6-14(7-9-17)19-13-4-2-1-3-5-13;/h1-5,12,14,16H,6-11H2;1H. The second kappa shape index (κ2) is 6.95. The maximum Gasteiger partial charge on any atom is 0.228 e. The summed E-state index contributed by atoms with van der Waals surface area (Å²) < 4.78 is 5.93. The number of likely N-dealkylation sites (tertiary alicyclic amines) is 1. The molecule has 2 aliphatic heterocycles. The third-order valence-electron chi connectivity index (χ3n) is 3.93. The number of rotatable bonds is 3. The second-order valence-corrected chi connectivity index (χ2v) is 5.31. The summed E-state index contributed by atoms with van der Waals surface area (Å²) in [5, 5.41) is 3.15. The lowest BCUT2D eigenvalue weighted by molar-refractivity contribution is -0.138. The minimum Gasteiger partial charge on any atom is -0.490 e. The Morgan fingerprint density at radius 2 is 1.80 bits per heavy atom. The molecule has 0 bridgehead atoms. The number of hydrogen-bond donors (Lipinski definition) is 1. The topological polar surface area (TPSA) is 41.6 Å². The smallest absolute Gasteiger partial charge is 0.228 e. The summed E-state index contributed by atoms with van der Waals surface area (Å²) in [4.78, 5) is 14.1. The largest absolute Gasteiger partial charge is 0.490 e. The Morgan fingerprint density at radius 1 is 1.15 bits per heavy atom. The molecule has 0 atom stereocenters. The first kappa shape index (κ1) is 15.1. The van der Waals surface area contributed by atoms with Crippen molar-refractivity contribution >= 4 is 18.3 Å². The van der Waals surface area contributed by atoms with Crippen LogP contribution in [0, 0.1) is 5.92 Å². The molecule has 0 saturated carbocycles. The number of carbonyl (C=O) groups excluding carboxylic acids is 1. The van der Waals surface area contributed by atoms with Gasteiger partial charge in [-0.25, -0.2) is 0 Å². The van der Waals surface area contributed by atoms with Gasteiger partial charge in [-0.15, -0.1) is 12.4 Å². The van der Waals surface area contributed by atoms with Crippen LogP contribution in [0.15, 0.2) is 30.3 Å². The van der Waals surface area contributed by atoms with Crippen LogP contribution in [-0.4, -0.2) is 43.1 Å². The maximum absolute atomic E-state index is 12.1. The molecule has 4 nitrogen and oxygen atoms in total. The first-order valence-corrected chi connectivity index (χ1v) is 7.04. The number of para-hydroxylation sites is 1. The van der Waals surface area contributed by atoms with Crippen LogP contribution in [0.2, 0.25) is 0 Å². The number of piperidine rings is 1. The fourth-order valence-corrected chi connectivity index (χ4v) is 2.61. The van der Waals surface area contributed by atoms with E-state index in [1.54, 1.807) is 0 Å². The van der Waals surface area contributed by atoms with Crippen LogP contribution in [0.5, 0.6) is 5.75 Å². The summed E-state index contributed by atoms with van der Waals surface area (Å²) in [7, 11) is 0. The normalized spacial score (nSPS) is 19.9. The minimum absolute atomic E-state index is 0. The van der Waals surface area contributed by atoms with Gasteiger partial charge in [0.2, 0.25) is 5.91 Å². The molecule has 0 aromatic heterocycles. The van der Waals surface area contributed by atoms with Gasteiger partial charge in [-0.1, -0.05) is 18.2 Å². The van der Waals surface area contributed by atoms with Gasteiger partial charge in [-0.2, -0.15) is 0 Å². The summed E-state index contributed by atoms with van der Waals surface area (Å²) in [5.74, 6) is 1.46. The molecule has 0 aliphatic carbocycles. The van der Waals surface area contributed by atoms with Crippen molar-refractivity contribution in [3.8, 4) is 5.75 Å². The van der Waals surface area contributed by atoms with Gasteiger partial charge in [0.25, 0.3) is 0 Å². The third-order valence-corrected chi connectivity index (χ3v) is 3.93. The second-order valence-electron chi connectivity index (χ2n) is 5.31. The zero-order chi connectivity index (χ0) is 13.1. The molecule has 1 N–H and O–H groups in total. The Labute approximate surface area is 125 Å². The Hall–Kier alpha value is -1.26. The van der Waals surface area contributed by atoms with E-state index in [1.165, 1.54) is 0 Å². The number of nitrogens with one attached hydrogen (secondary N) is 1. The highest BCUT2D eigenvalue weighted by molar-refractivity contribution is 5.85. The van der Waals surface area contributed by atoms with E-state index in [0.29, 0.717) is 5.91 Å². The number of carbonyl (C=O) groups is 1. The fraction of sp³-hybridized carbons (Fsp3) is 0.533. The Balaban J connectivity index is 0.00000147. The van der Waals surface area contributed by atoms with Crippen LogP contribution in [0.3, 0.4) is 0 Å². The minimum atomic E-state index is 0. The number of hydrogen-bond acceptors (Lipinski definition) is 3. The molecule has 0 radical (unpaired) electrons. The molecule has 2 saturated heterocycles. The maximum atomic E-state index is 12.1. The molecule has 5 heteroatoms. The molecular formula is C15H21ClN2O2. The molecule has 1 amide bonds. The van der Waals surface area contributed by atoms with Crippen LogP contribution in [0.1, 0.15) is 12.8 Å². The van der Waals surface area contributed by atoms with E-state index in [9.17, 15) is 4.79 Å². The Morgan fingerprint density at radius 3 is 2.35 bits per heavy atom. The number of amides is 1. The zero-order valence-electron chi connectivity index (χ0n) is 11.5. The van der Waals surface area contributed by atoms with E-state index in [2.05, 4.69) is 5.32 Å². The number of ether oxygens (including phenoxy) is 1. The molecule has 0 spiro atoms. The molecule has 3 rings (SSSR count). The molecule has 1 aromatic carbocycles. The van der Waals surface area contributed by atoms with Crippen LogP contribution in [0.25, 0.3) is 0 Å². The predicted octanol–water partition coefficient (Wildman–Crippen LogP) is 1.70. The van der Waals surface area contributed by atoms with E-state index < -0.39 is 0 Å². The number of benzene rings is 1. The number of halogens is 1. The Kier molecular flexibility index (Phi) is 5.26. The summed E-state index contributed by atoms with van der Waals surface area (Å²) >= 11 is 0. The highest BCUT2D eigenvalue weighted by atomic mass is 35.5. The van der Waals surface area contributed by atoms with Crippen molar-refractivity contribution in [3.63, 3.8) is 0 Å². The average molecular weight is 297 g/mol. The highest BCUT2D eigenvalue weighted by Crippen LogP contribution is 2.20. The van der Waals surface area contributed by atoms with E-state index in [4.69, 9.17) is 4.74 Å². The predicted molar refractivity (Wildman–Crippen MR) is 80.3 cm³/mol. The molecule has 2 aliphatic rings. The van der Waals surface area contributed by atoms with Crippen LogP contribution < -0.4 is 10.1 Å². The van der Waals surface area contributed by atoms with E-state index in [0.717, 1.165) is 44.8 Å². The van der Waals surface area contributed by atoms with E-state index in [-0.39, 0.29) is 24.4 Å². The molecule has 1 aromatic rings. The van der Waals surface area contributed by atoms with Crippen molar-refractivity contribution in [1.82, 2.24) is 10.2 Å². The first-order chi connectivity index (χ1) is 9.33. The van der Waals surface area contributed by atoms with E-state index in [1.807, 2.05) is 35.2 Å². The van der Waals surface area contributed by atoms with Gasteiger partial charge in [0.05, 0.1) is 5.92 Å². The van der Waals surface area contributed by atoms with Crippen molar-refractivity contribution in [2.45, 2.75) is 18.9 Å². The molecule has 2 heterocycles. The fourth-order valence-electron chi connectivity index (χ4n) is 2.61. The molecule has 0 unspecified atom stereocenters. The monoisotopic (exact) mass is 296 g/mol. The lowest BCUT2D eigenvalue weighted by Gasteiger charge is -2.36. The van der Waals surface area contributed by atoms with Crippen molar-refractivity contribution < 1.29 is 9.53 Å². The highest BCUT2D eigenvalue weighted by Gasteiger charge is 2.31.